The highest BCUT2D eigenvalue weighted by Crippen LogP contribution is 2.03. The number of halogens is 1. The van der Waals surface area contributed by atoms with Crippen LogP contribution in [-0.4, -0.2) is 41.5 Å². The Morgan fingerprint density at radius 3 is 2.60 bits per heavy atom. The summed E-state index contributed by atoms with van der Waals surface area (Å²) in [6.07, 6.45) is 0. The third-order valence-corrected chi connectivity index (χ3v) is 3.27. The summed E-state index contributed by atoms with van der Waals surface area (Å²) in [5, 5.41) is 3.35. The van der Waals surface area contributed by atoms with Gasteiger partial charge in [0.1, 0.15) is 0 Å². The van der Waals surface area contributed by atoms with Crippen molar-refractivity contribution in [2.24, 2.45) is 0 Å². The minimum atomic E-state index is 0.766. The lowest BCUT2D eigenvalue weighted by Gasteiger charge is -2.31. The van der Waals surface area contributed by atoms with Gasteiger partial charge in [-0.25, -0.2) is 0 Å². The van der Waals surface area contributed by atoms with E-state index in [9.17, 15) is 0 Å². The summed E-state index contributed by atoms with van der Waals surface area (Å²) in [6.45, 7) is 7.09. The van der Waals surface area contributed by atoms with Crippen molar-refractivity contribution < 1.29 is 0 Å². The fourth-order valence-corrected chi connectivity index (χ4v) is 1.78. The molecule has 10 heavy (non-hydrogen) atoms. The van der Waals surface area contributed by atoms with E-state index < -0.39 is 0 Å². The largest absolute Gasteiger partial charge is 0.314 e. The molecule has 1 saturated heterocycles. The number of piperazine rings is 1. The molecule has 0 saturated carbocycles. The quantitative estimate of drug-likeness (QED) is 0.577. The first-order valence-electron chi connectivity index (χ1n) is 3.85. The van der Waals surface area contributed by atoms with Crippen LogP contribution >= 0.6 is 22.6 Å². The van der Waals surface area contributed by atoms with Gasteiger partial charge in [0.05, 0.1) is 0 Å². The lowest BCUT2D eigenvalue weighted by atomic mass is 10.3. The minimum absolute atomic E-state index is 0.766. The summed E-state index contributed by atoms with van der Waals surface area (Å²) in [7, 11) is 0. The molecule has 1 heterocycles. The van der Waals surface area contributed by atoms with Crippen LogP contribution in [0.5, 0.6) is 0 Å². The molecule has 3 heteroatoms. The zero-order valence-corrected chi connectivity index (χ0v) is 8.60. The van der Waals surface area contributed by atoms with E-state index in [1.54, 1.807) is 0 Å². The van der Waals surface area contributed by atoms with Gasteiger partial charge in [-0.3, -0.25) is 4.90 Å². The summed E-state index contributed by atoms with van der Waals surface area (Å²) in [4.78, 5) is 2.54. The van der Waals surface area contributed by atoms with E-state index in [2.05, 4.69) is 39.7 Å². The van der Waals surface area contributed by atoms with Crippen LogP contribution in [0, 0.1) is 0 Å². The number of rotatable bonds is 2. The van der Waals surface area contributed by atoms with Gasteiger partial charge in [0.25, 0.3) is 0 Å². The van der Waals surface area contributed by atoms with Crippen LogP contribution in [0.1, 0.15) is 6.92 Å². The molecular weight excluding hydrogens is 239 g/mol. The van der Waals surface area contributed by atoms with Crippen molar-refractivity contribution >= 4 is 22.6 Å². The van der Waals surface area contributed by atoms with Crippen molar-refractivity contribution in [2.45, 2.75) is 13.0 Å². The number of nitrogens with zero attached hydrogens (tertiary/aromatic N) is 1. The molecule has 1 aliphatic heterocycles. The predicted octanol–water partition coefficient (Wildman–Crippen LogP) is 0.715. The highest BCUT2D eigenvalue weighted by atomic mass is 127. The van der Waals surface area contributed by atoms with Crippen molar-refractivity contribution in [3.8, 4) is 0 Å². The molecule has 1 fully saturated rings. The third-order valence-electron chi connectivity index (χ3n) is 2.00. The Morgan fingerprint density at radius 2 is 2.10 bits per heavy atom. The summed E-state index contributed by atoms with van der Waals surface area (Å²) in [5.41, 5.74) is 0. The Balaban J connectivity index is 2.24. The average Bonchev–Trinajstić information content (AvgIpc) is 2.05. The van der Waals surface area contributed by atoms with Gasteiger partial charge in [-0.2, -0.15) is 0 Å². The molecular formula is C7H15IN2. The second-order valence-corrected chi connectivity index (χ2v) is 3.67. The van der Waals surface area contributed by atoms with Crippen LogP contribution < -0.4 is 5.32 Å². The van der Waals surface area contributed by atoms with Gasteiger partial charge in [0.15, 0.2) is 0 Å². The molecule has 0 spiro atoms. The van der Waals surface area contributed by atoms with E-state index >= 15 is 0 Å². The van der Waals surface area contributed by atoms with Crippen LogP contribution in [0.15, 0.2) is 0 Å². The van der Waals surface area contributed by atoms with Crippen molar-refractivity contribution in [1.82, 2.24) is 10.2 Å². The van der Waals surface area contributed by atoms with E-state index in [0.717, 1.165) is 6.04 Å². The molecule has 0 radical (unpaired) electrons. The Hall–Kier alpha value is 0.650. The number of hydrogen-bond donors (Lipinski definition) is 1. The first kappa shape index (κ1) is 8.74. The van der Waals surface area contributed by atoms with Gasteiger partial charge in [-0.1, -0.05) is 22.6 Å². The molecule has 1 unspecified atom stereocenters. The van der Waals surface area contributed by atoms with Crippen molar-refractivity contribution in [1.29, 1.82) is 0 Å². The second-order valence-electron chi connectivity index (χ2n) is 2.79. The van der Waals surface area contributed by atoms with Gasteiger partial charge in [-0.15, -0.1) is 0 Å². The summed E-state index contributed by atoms with van der Waals surface area (Å²) in [6, 6.07) is 0.766. The minimum Gasteiger partial charge on any atom is -0.314 e. The fourth-order valence-electron chi connectivity index (χ4n) is 1.22. The fraction of sp³-hybridized carbons (Fsp3) is 1.00. The van der Waals surface area contributed by atoms with Crippen LogP contribution in [0.3, 0.4) is 0 Å². The maximum absolute atomic E-state index is 3.35. The SMILES string of the molecule is CC(CI)N1CCNCC1. The number of hydrogen-bond acceptors (Lipinski definition) is 2. The van der Waals surface area contributed by atoms with E-state index in [1.165, 1.54) is 30.6 Å². The highest BCUT2D eigenvalue weighted by molar-refractivity contribution is 14.1. The standard InChI is InChI=1S/C7H15IN2/c1-7(6-8)10-4-2-9-3-5-10/h7,9H,2-6H2,1H3. The third kappa shape index (κ3) is 2.36. The molecule has 0 aromatic rings. The van der Waals surface area contributed by atoms with Gasteiger partial charge in [0, 0.05) is 36.6 Å². The zero-order chi connectivity index (χ0) is 7.40. The van der Waals surface area contributed by atoms with E-state index in [1.807, 2.05) is 0 Å². The van der Waals surface area contributed by atoms with Gasteiger partial charge >= 0.3 is 0 Å². The molecule has 0 aromatic carbocycles. The van der Waals surface area contributed by atoms with Crippen LogP contribution in [0.25, 0.3) is 0 Å². The molecule has 0 bridgehead atoms. The Labute approximate surface area is 76.5 Å². The average molecular weight is 254 g/mol. The predicted molar refractivity (Wildman–Crippen MR) is 52.8 cm³/mol. The molecule has 60 valence electrons. The first-order valence-corrected chi connectivity index (χ1v) is 5.38. The lowest BCUT2D eigenvalue weighted by Crippen LogP contribution is -2.47. The Morgan fingerprint density at radius 1 is 1.50 bits per heavy atom. The molecule has 1 aliphatic rings. The molecule has 2 nitrogen and oxygen atoms in total. The molecule has 1 rings (SSSR count). The number of nitrogens with one attached hydrogen (secondary N) is 1. The second kappa shape index (κ2) is 4.51. The lowest BCUT2D eigenvalue weighted by molar-refractivity contribution is 0.200. The molecule has 1 N–H and O–H groups in total. The maximum atomic E-state index is 3.35. The summed E-state index contributed by atoms with van der Waals surface area (Å²) >= 11 is 2.45. The van der Waals surface area contributed by atoms with Gasteiger partial charge in [0.2, 0.25) is 0 Å². The topological polar surface area (TPSA) is 15.3 Å². The highest BCUT2D eigenvalue weighted by Gasteiger charge is 2.14. The van der Waals surface area contributed by atoms with Crippen molar-refractivity contribution in [3.63, 3.8) is 0 Å². The molecule has 0 aromatic heterocycles. The molecule has 0 aliphatic carbocycles. The summed E-state index contributed by atoms with van der Waals surface area (Å²) in [5.74, 6) is 0. The van der Waals surface area contributed by atoms with E-state index in [4.69, 9.17) is 0 Å². The van der Waals surface area contributed by atoms with Gasteiger partial charge < -0.3 is 5.32 Å². The Kier molecular flexibility index (Phi) is 3.95. The van der Waals surface area contributed by atoms with Crippen LogP contribution in [0.4, 0.5) is 0 Å². The smallest absolute Gasteiger partial charge is 0.0158 e. The normalized spacial score (nSPS) is 24.6. The van der Waals surface area contributed by atoms with E-state index in [-0.39, 0.29) is 0 Å². The van der Waals surface area contributed by atoms with Crippen molar-refractivity contribution in [2.75, 3.05) is 30.6 Å². The van der Waals surface area contributed by atoms with Crippen LogP contribution in [0.2, 0.25) is 0 Å². The Bertz CT molecular complexity index is 91.6. The monoisotopic (exact) mass is 254 g/mol. The van der Waals surface area contributed by atoms with Gasteiger partial charge in [-0.05, 0) is 6.92 Å². The van der Waals surface area contributed by atoms with E-state index in [0.29, 0.717) is 0 Å². The maximum Gasteiger partial charge on any atom is 0.0158 e. The first-order chi connectivity index (χ1) is 4.84. The zero-order valence-electron chi connectivity index (χ0n) is 6.44. The summed E-state index contributed by atoms with van der Waals surface area (Å²) < 4.78 is 1.25. The van der Waals surface area contributed by atoms with Crippen molar-refractivity contribution in [3.05, 3.63) is 0 Å². The molecule has 1 atom stereocenters. The van der Waals surface area contributed by atoms with Crippen LogP contribution in [-0.2, 0) is 0 Å². The number of alkyl halides is 1. The molecule has 0 amide bonds.